The molecule has 0 aliphatic rings. The number of carbonyl (C=O) groups is 1. The molecule has 0 radical (unpaired) electrons. The molecule has 0 aliphatic carbocycles. The van der Waals surface area contributed by atoms with E-state index < -0.39 is 0 Å². The summed E-state index contributed by atoms with van der Waals surface area (Å²) in [7, 11) is 1.91. The first-order chi connectivity index (χ1) is 12.7. The Kier molecular flexibility index (Phi) is 5.54. The third kappa shape index (κ3) is 4.42. The van der Waals surface area contributed by atoms with Crippen LogP contribution in [-0.4, -0.2) is 19.6 Å². The molecule has 0 spiro atoms. The predicted octanol–water partition coefficient (Wildman–Crippen LogP) is 5.05. The van der Waals surface area contributed by atoms with Gasteiger partial charge in [-0.2, -0.15) is 0 Å². The van der Waals surface area contributed by atoms with Crippen LogP contribution in [-0.2, 0) is 0 Å². The van der Waals surface area contributed by atoms with Crippen molar-refractivity contribution < 1.29 is 9.53 Å². The van der Waals surface area contributed by atoms with Crippen LogP contribution in [0.5, 0.6) is 5.75 Å². The highest BCUT2D eigenvalue weighted by Gasteiger charge is 2.02. The van der Waals surface area contributed by atoms with Gasteiger partial charge in [0.25, 0.3) is 0 Å². The summed E-state index contributed by atoms with van der Waals surface area (Å²) < 4.78 is 5.67. The van der Waals surface area contributed by atoms with Gasteiger partial charge in [-0.3, -0.25) is 4.79 Å². The zero-order chi connectivity index (χ0) is 18.4. The number of Topliss-reactive ketones (excluding diaryl/α,β-unsaturated/α-hetero) is 1. The van der Waals surface area contributed by atoms with Gasteiger partial charge in [0, 0.05) is 24.0 Å². The molecule has 26 heavy (non-hydrogen) atoms. The van der Waals surface area contributed by atoms with Crippen LogP contribution in [0.25, 0.3) is 11.1 Å². The summed E-state index contributed by atoms with van der Waals surface area (Å²) in [5, 5.41) is 6.34. The largest absolute Gasteiger partial charge is 0.473 e. The van der Waals surface area contributed by atoms with Crippen LogP contribution in [0.3, 0.4) is 0 Å². The van der Waals surface area contributed by atoms with Crippen LogP contribution in [0.1, 0.15) is 17.3 Å². The second-order valence-corrected chi connectivity index (χ2v) is 5.95. The van der Waals surface area contributed by atoms with Crippen molar-refractivity contribution in [1.82, 2.24) is 0 Å². The zero-order valence-electron chi connectivity index (χ0n) is 15.0. The number of ether oxygens (including phenoxy) is 1. The highest BCUT2D eigenvalue weighted by Crippen LogP contribution is 2.23. The van der Waals surface area contributed by atoms with Crippen LogP contribution in [0.15, 0.2) is 72.8 Å². The van der Waals surface area contributed by atoms with E-state index in [1.165, 1.54) is 5.56 Å². The highest BCUT2D eigenvalue weighted by atomic mass is 16.5. The van der Waals surface area contributed by atoms with Gasteiger partial charge in [-0.05, 0) is 54.4 Å². The Morgan fingerprint density at radius 3 is 2.08 bits per heavy atom. The van der Waals surface area contributed by atoms with Crippen LogP contribution in [0.4, 0.5) is 11.4 Å². The summed E-state index contributed by atoms with van der Waals surface area (Å²) in [6.45, 7) is 1.88. The molecule has 0 heterocycles. The van der Waals surface area contributed by atoms with Crippen molar-refractivity contribution in [3.8, 4) is 16.9 Å². The number of hydrogen-bond donors (Lipinski definition) is 2. The smallest absolute Gasteiger partial charge is 0.159 e. The molecule has 0 bridgehead atoms. The standard InChI is InChI=1S/C22H22N2O2/c1-16(25)19-4-3-5-22(14-19)26-15-24-21-12-8-18(9-13-21)17-6-10-20(23-2)11-7-17/h3-14,23-24H,15H2,1-2H3. The fourth-order valence-corrected chi connectivity index (χ4v) is 2.62. The summed E-state index contributed by atoms with van der Waals surface area (Å²) in [5.74, 6) is 0.702. The van der Waals surface area contributed by atoms with E-state index in [4.69, 9.17) is 4.74 Å². The van der Waals surface area contributed by atoms with Gasteiger partial charge in [0.1, 0.15) is 5.75 Å². The molecule has 0 aromatic heterocycles. The Labute approximate surface area is 153 Å². The Morgan fingerprint density at radius 2 is 1.50 bits per heavy atom. The molecule has 4 heteroatoms. The number of hydrogen-bond acceptors (Lipinski definition) is 4. The fourth-order valence-electron chi connectivity index (χ4n) is 2.62. The van der Waals surface area contributed by atoms with Crippen LogP contribution in [0, 0.1) is 0 Å². The quantitative estimate of drug-likeness (QED) is 0.464. The van der Waals surface area contributed by atoms with Gasteiger partial charge >= 0.3 is 0 Å². The fraction of sp³-hybridized carbons (Fsp3) is 0.136. The molecule has 4 nitrogen and oxygen atoms in total. The van der Waals surface area contributed by atoms with Gasteiger partial charge < -0.3 is 15.4 Å². The maximum Gasteiger partial charge on any atom is 0.159 e. The normalized spacial score (nSPS) is 10.2. The number of rotatable bonds is 7. The van der Waals surface area contributed by atoms with Gasteiger partial charge in [-0.15, -0.1) is 0 Å². The van der Waals surface area contributed by atoms with Gasteiger partial charge in [-0.25, -0.2) is 0 Å². The molecule has 3 aromatic rings. The van der Waals surface area contributed by atoms with E-state index in [1.54, 1.807) is 19.1 Å². The minimum atomic E-state index is 0.0294. The summed E-state index contributed by atoms with van der Waals surface area (Å²) in [6, 6.07) is 23.7. The van der Waals surface area contributed by atoms with E-state index in [0.29, 0.717) is 18.0 Å². The first-order valence-electron chi connectivity index (χ1n) is 8.51. The Hall–Kier alpha value is -3.27. The van der Waals surface area contributed by atoms with E-state index in [9.17, 15) is 4.79 Å². The van der Waals surface area contributed by atoms with E-state index in [1.807, 2.05) is 31.3 Å². The molecule has 0 saturated carbocycles. The van der Waals surface area contributed by atoms with Crippen molar-refractivity contribution in [2.24, 2.45) is 0 Å². The van der Waals surface area contributed by atoms with Crippen molar-refractivity contribution >= 4 is 17.2 Å². The molecule has 3 aromatic carbocycles. The summed E-state index contributed by atoms with van der Waals surface area (Å²) in [6.07, 6.45) is 0. The van der Waals surface area contributed by atoms with Crippen molar-refractivity contribution in [3.63, 3.8) is 0 Å². The number of carbonyl (C=O) groups excluding carboxylic acids is 1. The highest BCUT2D eigenvalue weighted by molar-refractivity contribution is 5.94. The molecule has 132 valence electrons. The second kappa shape index (κ2) is 8.21. The van der Waals surface area contributed by atoms with E-state index in [2.05, 4.69) is 47.0 Å². The topological polar surface area (TPSA) is 50.4 Å². The SMILES string of the molecule is CNc1ccc(-c2ccc(NCOc3cccc(C(C)=O)c3)cc2)cc1. The van der Waals surface area contributed by atoms with Crippen LogP contribution < -0.4 is 15.4 Å². The number of anilines is 2. The maximum absolute atomic E-state index is 11.4. The third-order valence-corrected chi connectivity index (χ3v) is 4.15. The average Bonchev–Trinajstić information content (AvgIpc) is 2.69. The average molecular weight is 346 g/mol. The third-order valence-electron chi connectivity index (χ3n) is 4.15. The minimum absolute atomic E-state index is 0.0294. The van der Waals surface area contributed by atoms with Gasteiger partial charge in [-0.1, -0.05) is 36.4 Å². The van der Waals surface area contributed by atoms with Crippen molar-refractivity contribution in [2.45, 2.75) is 6.92 Å². The molecule has 0 unspecified atom stereocenters. The summed E-state index contributed by atoms with van der Waals surface area (Å²) in [4.78, 5) is 11.4. The second-order valence-electron chi connectivity index (χ2n) is 5.95. The Balaban J connectivity index is 1.57. The lowest BCUT2D eigenvalue weighted by Gasteiger charge is -2.10. The molecule has 0 fully saturated rings. The zero-order valence-corrected chi connectivity index (χ0v) is 15.0. The molecule has 0 amide bonds. The molecular formula is C22H22N2O2. The van der Waals surface area contributed by atoms with Crippen LogP contribution >= 0.6 is 0 Å². The minimum Gasteiger partial charge on any atom is -0.473 e. The predicted molar refractivity (Wildman–Crippen MR) is 107 cm³/mol. The molecule has 0 saturated heterocycles. The number of nitrogens with one attached hydrogen (secondary N) is 2. The molecule has 0 atom stereocenters. The van der Waals surface area contributed by atoms with Gasteiger partial charge in [0.2, 0.25) is 0 Å². The number of ketones is 1. The lowest BCUT2D eigenvalue weighted by molar-refractivity contribution is 0.101. The van der Waals surface area contributed by atoms with Gasteiger partial charge in [0.05, 0.1) is 0 Å². The first-order valence-corrected chi connectivity index (χ1v) is 8.51. The van der Waals surface area contributed by atoms with Gasteiger partial charge in [0.15, 0.2) is 12.5 Å². The Bertz CT molecular complexity index is 871. The van der Waals surface area contributed by atoms with E-state index in [-0.39, 0.29) is 5.78 Å². The molecule has 2 N–H and O–H groups in total. The molecule has 3 rings (SSSR count). The number of benzene rings is 3. The molecular weight excluding hydrogens is 324 g/mol. The van der Waals surface area contributed by atoms with Crippen molar-refractivity contribution in [2.75, 3.05) is 24.4 Å². The maximum atomic E-state index is 11.4. The van der Waals surface area contributed by atoms with Crippen molar-refractivity contribution in [3.05, 3.63) is 78.4 Å². The lowest BCUT2D eigenvalue weighted by atomic mass is 10.1. The Morgan fingerprint density at radius 1 is 0.885 bits per heavy atom. The van der Waals surface area contributed by atoms with E-state index in [0.717, 1.165) is 16.9 Å². The van der Waals surface area contributed by atoms with Crippen molar-refractivity contribution in [1.29, 1.82) is 0 Å². The van der Waals surface area contributed by atoms with Crippen LogP contribution in [0.2, 0.25) is 0 Å². The monoisotopic (exact) mass is 346 g/mol. The first kappa shape index (κ1) is 17.5. The van der Waals surface area contributed by atoms with E-state index >= 15 is 0 Å². The summed E-state index contributed by atoms with van der Waals surface area (Å²) >= 11 is 0. The lowest BCUT2D eigenvalue weighted by Crippen LogP contribution is -2.09. The summed E-state index contributed by atoms with van der Waals surface area (Å²) in [5.41, 5.74) is 5.05. The molecule has 0 aliphatic heterocycles.